The van der Waals surface area contributed by atoms with Gasteiger partial charge in [0, 0.05) is 5.33 Å². The van der Waals surface area contributed by atoms with Gasteiger partial charge in [0.05, 0.1) is 6.10 Å². The lowest BCUT2D eigenvalue weighted by Crippen LogP contribution is -2.18. The molecule has 0 amide bonds. The summed E-state index contributed by atoms with van der Waals surface area (Å²) in [5.41, 5.74) is 0. The maximum atomic E-state index is 9.41. The van der Waals surface area contributed by atoms with E-state index in [0.29, 0.717) is 11.8 Å². The second-order valence-electron chi connectivity index (χ2n) is 3.31. The maximum absolute atomic E-state index is 9.41. The molecule has 0 aromatic heterocycles. The molecule has 0 rings (SSSR count). The Morgan fingerprint density at radius 3 is 2.10 bits per heavy atom. The van der Waals surface area contributed by atoms with E-state index in [1.807, 2.05) is 13.8 Å². The summed E-state index contributed by atoms with van der Waals surface area (Å²) in [5, 5.41) is 10.4. The van der Waals surface area contributed by atoms with Gasteiger partial charge in [-0.25, -0.2) is 0 Å². The molecule has 0 aliphatic carbocycles. The van der Waals surface area contributed by atoms with E-state index in [9.17, 15) is 5.11 Å². The summed E-state index contributed by atoms with van der Waals surface area (Å²) in [7, 11) is 0. The molecule has 0 aliphatic rings. The Kier molecular flexibility index (Phi) is 5.36. The topological polar surface area (TPSA) is 20.2 Å². The van der Waals surface area contributed by atoms with Crippen molar-refractivity contribution in [2.24, 2.45) is 11.8 Å². The van der Waals surface area contributed by atoms with Crippen molar-refractivity contribution in [1.29, 1.82) is 0 Å². The van der Waals surface area contributed by atoms with Crippen molar-refractivity contribution in [3.63, 3.8) is 0 Å². The maximum Gasteiger partial charge on any atom is 0.0566 e. The van der Waals surface area contributed by atoms with Gasteiger partial charge in [-0.2, -0.15) is 0 Å². The van der Waals surface area contributed by atoms with Crippen molar-refractivity contribution < 1.29 is 5.11 Å². The fraction of sp³-hybridized carbons (Fsp3) is 1.00. The molecule has 62 valence electrons. The van der Waals surface area contributed by atoms with Crippen LogP contribution < -0.4 is 0 Å². The Labute approximate surface area is 72.0 Å². The van der Waals surface area contributed by atoms with Gasteiger partial charge in [-0.1, -0.05) is 36.7 Å². The van der Waals surface area contributed by atoms with Gasteiger partial charge >= 0.3 is 0 Å². The van der Waals surface area contributed by atoms with Crippen LogP contribution in [0.3, 0.4) is 0 Å². The van der Waals surface area contributed by atoms with Crippen LogP contribution in [0, 0.1) is 11.8 Å². The summed E-state index contributed by atoms with van der Waals surface area (Å²) < 4.78 is 0. The van der Waals surface area contributed by atoms with Crippen molar-refractivity contribution in [3.8, 4) is 0 Å². The number of aliphatic hydroxyl groups is 1. The third kappa shape index (κ3) is 4.29. The molecule has 1 N–H and O–H groups in total. The van der Waals surface area contributed by atoms with Gasteiger partial charge < -0.3 is 5.11 Å². The zero-order valence-corrected chi connectivity index (χ0v) is 8.56. The van der Waals surface area contributed by atoms with E-state index in [0.717, 1.165) is 11.8 Å². The lowest BCUT2D eigenvalue weighted by molar-refractivity contribution is 0.103. The molecule has 2 unspecified atom stereocenters. The van der Waals surface area contributed by atoms with Gasteiger partial charge in [0.2, 0.25) is 0 Å². The fourth-order valence-electron chi connectivity index (χ4n) is 0.747. The van der Waals surface area contributed by atoms with E-state index < -0.39 is 0 Å². The van der Waals surface area contributed by atoms with E-state index >= 15 is 0 Å². The molecule has 0 fully saturated rings. The van der Waals surface area contributed by atoms with Crippen LogP contribution in [-0.2, 0) is 0 Å². The summed E-state index contributed by atoms with van der Waals surface area (Å²) in [6.07, 6.45) is 0.774. The van der Waals surface area contributed by atoms with Crippen molar-refractivity contribution in [2.45, 2.75) is 33.3 Å². The number of alkyl halides is 1. The summed E-state index contributed by atoms with van der Waals surface area (Å²) in [4.78, 5) is 0. The summed E-state index contributed by atoms with van der Waals surface area (Å²) in [6.45, 7) is 6.23. The number of halogens is 1. The van der Waals surface area contributed by atoms with Crippen LogP contribution >= 0.6 is 15.9 Å². The molecular formula is C8H17BrO. The minimum atomic E-state index is -0.132. The van der Waals surface area contributed by atoms with E-state index in [4.69, 9.17) is 0 Å². The Bertz CT molecular complexity index is 83.3. The van der Waals surface area contributed by atoms with Crippen LogP contribution in [0.15, 0.2) is 0 Å². The monoisotopic (exact) mass is 208 g/mol. The van der Waals surface area contributed by atoms with E-state index in [-0.39, 0.29) is 6.10 Å². The van der Waals surface area contributed by atoms with Gasteiger partial charge in [-0.3, -0.25) is 0 Å². The molecule has 0 aromatic carbocycles. The molecule has 0 aromatic rings. The first-order chi connectivity index (χ1) is 4.57. The molecule has 0 bridgehead atoms. The second kappa shape index (κ2) is 5.14. The molecule has 0 heterocycles. The molecule has 10 heavy (non-hydrogen) atoms. The highest BCUT2D eigenvalue weighted by Crippen LogP contribution is 2.14. The molecule has 0 saturated carbocycles. The first kappa shape index (κ1) is 10.4. The van der Waals surface area contributed by atoms with Crippen LogP contribution in [-0.4, -0.2) is 16.5 Å². The third-order valence-corrected chi connectivity index (χ3v) is 2.78. The van der Waals surface area contributed by atoms with Crippen LogP contribution in [0.25, 0.3) is 0 Å². The minimum absolute atomic E-state index is 0.132. The van der Waals surface area contributed by atoms with Crippen LogP contribution in [0.4, 0.5) is 0 Å². The number of hydrogen-bond donors (Lipinski definition) is 1. The average molecular weight is 209 g/mol. The first-order valence-corrected chi connectivity index (χ1v) is 4.94. The summed E-state index contributed by atoms with van der Waals surface area (Å²) >= 11 is 3.38. The predicted molar refractivity (Wildman–Crippen MR) is 48.4 cm³/mol. The Hall–Kier alpha value is 0.440. The average Bonchev–Trinajstić information content (AvgIpc) is 1.87. The molecule has 2 atom stereocenters. The number of aliphatic hydroxyl groups excluding tert-OH is 1. The van der Waals surface area contributed by atoms with Crippen molar-refractivity contribution in [3.05, 3.63) is 0 Å². The van der Waals surface area contributed by atoms with Crippen LogP contribution in [0.1, 0.15) is 27.2 Å². The first-order valence-electron chi connectivity index (χ1n) is 3.82. The quantitative estimate of drug-likeness (QED) is 0.705. The Morgan fingerprint density at radius 2 is 1.80 bits per heavy atom. The van der Waals surface area contributed by atoms with Gasteiger partial charge in [0.1, 0.15) is 0 Å². The highest BCUT2D eigenvalue weighted by Gasteiger charge is 2.12. The van der Waals surface area contributed by atoms with E-state index in [1.54, 1.807) is 0 Å². The van der Waals surface area contributed by atoms with Crippen molar-refractivity contribution in [1.82, 2.24) is 0 Å². The van der Waals surface area contributed by atoms with Gasteiger partial charge in [-0.15, -0.1) is 0 Å². The Balaban J connectivity index is 3.46. The molecular weight excluding hydrogens is 192 g/mol. The largest absolute Gasteiger partial charge is 0.393 e. The standard InChI is InChI=1S/C8H17BrO/c1-6(2)8(10)4-7(3)5-9/h6-8,10H,4-5H2,1-3H3. The van der Waals surface area contributed by atoms with Crippen molar-refractivity contribution >= 4 is 15.9 Å². The zero-order chi connectivity index (χ0) is 8.15. The lowest BCUT2D eigenvalue weighted by atomic mass is 9.98. The molecule has 0 radical (unpaired) electrons. The van der Waals surface area contributed by atoms with Crippen LogP contribution in [0.5, 0.6) is 0 Å². The van der Waals surface area contributed by atoms with Gasteiger partial charge in [0.15, 0.2) is 0 Å². The predicted octanol–water partition coefficient (Wildman–Crippen LogP) is 2.42. The molecule has 2 heteroatoms. The van der Waals surface area contributed by atoms with E-state index in [1.165, 1.54) is 0 Å². The highest BCUT2D eigenvalue weighted by molar-refractivity contribution is 9.09. The van der Waals surface area contributed by atoms with Gasteiger partial charge in [0.25, 0.3) is 0 Å². The number of hydrogen-bond acceptors (Lipinski definition) is 1. The van der Waals surface area contributed by atoms with Crippen molar-refractivity contribution in [2.75, 3.05) is 5.33 Å². The summed E-state index contributed by atoms with van der Waals surface area (Å²) in [5.74, 6) is 0.971. The smallest absolute Gasteiger partial charge is 0.0566 e. The molecule has 0 aliphatic heterocycles. The van der Waals surface area contributed by atoms with Crippen LogP contribution in [0.2, 0.25) is 0 Å². The lowest BCUT2D eigenvalue weighted by Gasteiger charge is -2.17. The molecule has 1 nitrogen and oxygen atoms in total. The van der Waals surface area contributed by atoms with Gasteiger partial charge in [-0.05, 0) is 18.3 Å². The fourth-order valence-corrected chi connectivity index (χ4v) is 1.01. The number of rotatable bonds is 4. The molecule has 0 saturated heterocycles. The molecule has 0 spiro atoms. The Morgan fingerprint density at radius 1 is 1.30 bits per heavy atom. The third-order valence-electron chi connectivity index (χ3n) is 1.68. The zero-order valence-electron chi connectivity index (χ0n) is 6.97. The SMILES string of the molecule is CC(CBr)CC(O)C(C)C. The minimum Gasteiger partial charge on any atom is -0.393 e. The second-order valence-corrected chi connectivity index (χ2v) is 3.95. The highest BCUT2D eigenvalue weighted by atomic mass is 79.9. The summed E-state index contributed by atoms with van der Waals surface area (Å²) in [6, 6.07) is 0. The van der Waals surface area contributed by atoms with E-state index in [2.05, 4.69) is 22.9 Å². The normalized spacial score (nSPS) is 17.4.